The number of imidazole rings is 1. The van der Waals surface area contributed by atoms with Gasteiger partial charge in [0.05, 0.1) is 22.6 Å². The highest BCUT2D eigenvalue weighted by Crippen LogP contribution is 2.39. The van der Waals surface area contributed by atoms with Crippen molar-refractivity contribution in [3.8, 4) is 0 Å². The highest BCUT2D eigenvalue weighted by Gasteiger charge is 2.50. The number of nitrogens with zero attached hydrogens (tertiary/aromatic N) is 2. The number of carboxylic acid groups (broad SMARTS) is 1. The molecule has 2 aliphatic heterocycles. The third-order valence-electron chi connectivity index (χ3n) is 7.80. The van der Waals surface area contributed by atoms with E-state index >= 15 is 0 Å². The van der Waals surface area contributed by atoms with Crippen LogP contribution in [0.25, 0.3) is 11.0 Å². The normalized spacial score (nSPS) is 30.8. The molecular formula is C23H30N4O5. The van der Waals surface area contributed by atoms with Gasteiger partial charge in [0.25, 0.3) is 5.91 Å². The van der Waals surface area contributed by atoms with Gasteiger partial charge < -0.3 is 25.4 Å². The van der Waals surface area contributed by atoms with Gasteiger partial charge in [-0.3, -0.25) is 14.2 Å². The minimum absolute atomic E-state index is 0.0461. The van der Waals surface area contributed by atoms with Gasteiger partial charge in [-0.15, -0.1) is 0 Å². The van der Waals surface area contributed by atoms with Crippen LogP contribution in [0.2, 0.25) is 0 Å². The van der Waals surface area contributed by atoms with Crippen molar-refractivity contribution in [2.75, 3.05) is 19.6 Å². The number of piperidine rings is 2. The van der Waals surface area contributed by atoms with Crippen molar-refractivity contribution in [1.29, 1.82) is 0 Å². The first kappa shape index (κ1) is 21.2. The van der Waals surface area contributed by atoms with Gasteiger partial charge in [-0.1, -0.05) is 0 Å². The summed E-state index contributed by atoms with van der Waals surface area (Å²) >= 11 is 0. The quantitative estimate of drug-likeness (QED) is 0.570. The molecule has 3 aliphatic rings. The number of aromatic nitrogens is 2. The zero-order valence-electron chi connectivity index (χ0n) is 18.0. The molecule has 2 saturated heterocycles. The number of H-pyrrole nitrogens is 1. The van der Waals surface area contributed by atoms with Gasteiger partial charge in [0, 0.05) is 30.7 Å². The lowest BCUT2D eigenvalue weighted by Crippen LogP contribution is -2.63. The van der Waals surface area contributed by atoms with Crippen LogP contribution in [0.3, 0.4) is 0 Å². The summed E-state index contributed by atoms with van der Waals surface area (Å²) in [5.74, 6) is -0.926. The van der Waals surface area contributed by atoms with E-state index in [0.717, 1.165) is 31.3 Å². The molecule has 0 bridgehead atoms. The van der Waals surface area contributed by atoms with E-state index in [9.17, 15) is 24.6 Å². The predicted molar refractivity (Wildman–Crippen MR) is 118 cm³/mol. The summed E-state index contributed by atoms with van der Waals surface area (Å²) in [6.45, 7) is 1.54. The number of hydrogen-bond donors (Lipinski definition) is 4. The zero-order valence-corrected chi connectivity index (χ0v) is 18.0. The Morgan fingerprint density at radius 1 is 1.12 bits per heavy atom. The number of likely N-dealkylation sites (tertiary alicyclic amines) is 1. The molecule has 172 valence electrons. The number of hydrogen-bond acceptors (Lipinski definition) is 5. The lowest BCUT2D eigenvalue weighted by Gasteiger charge is -2.48. The molecular weight excluding hydrogens is 412 g/mol. The van der Waals surface area contributed by atoms with Gasteiger partial charge >= 0.3 is 11.7 Å². The Kier molecular flexibility index (Phi) is 5.33. The number of amides is 1. The molecule has 2 aromatic rings. The standard InChI is InChI=1S/C23H30N4O5/c28-16-5-3-15(4-6-16)27-18-7-2-14(12-17(18)25-22(27)32)20(29)26-11-9-23(21(30)31)8-1-10-24-19(23)13-26/h2,7,12,15-16,19,24,28H,1,3-6,8-11,13H2,(H,25,32)(H,30,31)/t15?,16?,19-,23+/m1/s1. The second-order valence-corrected chi connectivity index (χ2v) is 9.57. The Morgan fingerprint density at radius 2 is 1.91 bits per heavy atom. The molecule has 1 saturated carbocycles. The SMILES string of the molecule is O=C(c1ccc2c(c1)[nH]c(=O)n2C1CCC(O)CC1)N1CC[C@@]2(C(=O)O)CCCN[C@@H]2C1. The smallest absolute Gasteiger partial charge is 0.326 e. The number of aromatic amines is 1. The lowest BCUT2D eigenvalue weighted by atomic mass is 9.69. The number of benzene rings is 1. The third-order valence-corrected chi connectivity index (χ3v) is 7.80. The Balaban J connectivity index is 1.38. The molecule has 2 atom stereocenters. The van der Waals surface area contributed by atoms with Gasteiger partial charge in [0.2, 0.25) is 0 Å². The van der Waals surface area contributed by atoms with E-state index in [2.05, 4.69) is 10.3 Å². The second-order valence-electron chi connectivity index (χ2n) is 9.57. The van der Waals surface area contributed by atoms with E-state index in [-0.39, 0.29) is 29.8 Å². The predicted octanol–water partition coefficient (Wildman–Crippen LogP) is 1.47. The molecule has 9 nitrogen and oxygen atoms in total. The number of carbonyl (C=O) groups excluding carboxylic acids is 1. The molecule has 4 N–H and O–H groups in total. The monoisotopic (exact) mass is 442 g/mol. The number of carboxylic acids is 1. The fourth-order valence-corrected chi connectivity index (χ4v) is 5.91. The maximum Gasteiger partial charge on any atom is 0.326 e. The van der Waals surface area contributed by atoms with Crippen molar-refractivity contribution in [3.05, 3.63) is 34.2 Å². The zero-order chi connectivity index (χ0) is 22.5. The first-order valence-electron chi connectivity index (χ1n) is 11.6. The average Bonchev–Trinajstić information content (AvgIpc) is 3.13. The average molecular weight is 443 g/mol. The van der Waals surface area contributed by atoms with Crippen LogP contribution in [0, 0.1) is 5.41 Å². The van der Waals surface area contributed by atoms with Crippen LogP contribution in [0.5, 0.6) is 0 Å². The van der Waals surface area contributed by atoms with E-state index in [1.807, 2.05) is 6.07 Å². The van der Waals surface area contributed by atoms with Crippen molar-refractivity contribution in [2.24, 2.45) is 5.41 Å². The van der Waals surface area contributed by atoms with E-state index in [1.54, 1.807) is 21.6 Å². The van der Waals surface area contributed by atoms with E-state index in [4.69, 9.17) is 0 Å². The van der Waals surface area contributed by atoms with Crippen LogP contribution >= 0.6 is 0 Å². The summed E-state index contributed by atoms with van der Waals surface area (Å²) in [5.41, 5.74) is 0.893. The number of fused-ring (bicyclic) bond motifs is 2. The van der Waals surface area contributed by atoms with Crippen LogP contribution in [-0.2, 0) is 4.79 Å². The van der Waals surface area contributed by atoms with Gasteiger partial charge in [-0.25, -0.2) is 4.79 Å². The second kappa shape index (κ2) is 8.04. The van der Waals surface area contributed by atoms with Crippen molar-refractivity contribution in [1.82, 2.24) is 19.8 Å². The molecule has 9 heteroatoms. The van der Waals surface area contributed by atoms with Gasteiger partial charge in [0.15, 0.2) is 0 Å². The molecule has 5 rings (SSSR count). The summed E-state index contributed by atoms with van der Waals surface area (Å²) in [6, 6.07) is 5.08. The van der Waals surface area contributed by atoms with Crippen LogP contribution < -0.4 is 11.0 Å². The van der Waals surface area contributed by atoms with Crippen LogP contribution in [0.1, 0.15) is 61.3 Å². The third kappa shape index (κ3) is 3.44. The van der Waals surface area contributed by atoms with Crippen molar-refractivity contribution in [2.45, 2.75) is 63.1 Å². The minimum Gasteiger partial charge on any atom is -0.481 e. The maximum absolute atomic E-state index is 13.2. The van der Waals surface area contributed by atoms with E-state index in [0.29, 0.717) is 49.9 Å². The fourth-order valence-electron chi connectivity index (χ4n) is 5.91. The molecule has 1 aromatic heterocycles. The first-order chi connectivity index (χ1) is 15.4. The highest BCUT2D eigenvalue weighted by atomic mass is 16.4. The van der Waals surface area contributed by atoms with Gasteiger partial charge in [-0.2, -0.15) is 0 Å². The van der Waals surface area contributed by atoms with E-state index in [1.165, 1.54) is 0 Å². The Morgan fingerprint density at radius 3 is 2.66 bits per heavy atom. The minimum atomic E-state index is -0.797. The number of carbonyl (C=O) groups is 2. The Labute approximate surface area is 185 Å². The lowest BCUT2D eigenvalue weighted by molar-refractivity contribution is -0.156. The molecule has 1 aliphatic carbocycles. The number of aliphatic hydroxyl groups excluding tert-OH is 1. The summed E-state index contributed by atoms with van der Waals surface area (Å²) < 4.78 is 1.75. The Bertz CT molecular complexity index is 1100. The summed E-state index contributed by atoms with van der Waals surface area (Å²) in [6.07, 6.45) is 4.49. The molecule has 3 heterocycles. The van der Waals surface area contributed by atoms with Crippen LogP contribution in [0.4, 0.5) is 0 Å². The van der Waals surface area contributed by atoms with Crippen molar-refractivity contribution >= 4 is 22.9 Å². The molecule has 0 unspecified atom stereocenters. The Hall–Kier alpha value is -2.65. The highest BCUT2D eigenvalue weighted by molar-refractivity contribution is 5.97. The molecule has 32 heavy (non-hydrogen) atoms. The molecule has 0 spiro atoms. The molecule has 0 radical (unpaired) electrons. The topological polar surface area (TPSA) is 128 Å². The van der Waals surface area contributed by atoms with Crippen molar-refractivity contribution in [3.63, 3.8) is 0 Å². The molecule has 1 aromatic carbocycles. The van der Waals surface area contributed by atoms with Crippen LogP contribution in [0.15, 0.2) is 23.0 Å². The number of nitrogens with one attached hydrogen (secondary N) is 2. The maximum atomic E-state index is 13.2. The largest absolute Gasteiger partial charge is 0.481 e. The fraction of sp³-hybridized carbons (Fsp3) is 0.609. The summed E-state index contributed by atoms with van der Waals surface area (Å²) in [7, 11) is 0. The summed E-state index contributed by atoms with van der Waals surface area (Å²) in [5, 5.41) is 22.9. The molecule has 3 fully saturated rings. The first-order valence-corrected chi connectivity index (χ1v) is 11.6. The van der Waals surface area contributed by atoms with Crippen molar-refractivity contribution < 1.29 is 19.8 Å². The van der Waals surface area contributed by atoms with Gasteiger partial charge in [0.1, 0.15) is 0 Å². The summed E-state index contributed by atoms with van der Waals surface area (Å²) in [4.78, 5) is 42.5. The number of aliphatic carboxylic acids is 1. The number of rotatable bonds is 3. The molecule has 1 amide bonds. The van der Waals surface area contributed by atoms with Crippen LogP contribution in [-0.4, -0.2) is 68.3 Å². The van der Waals surface area contributed by atoms with E-state index < -0.39 is 11.4 Å². The number of aliphatic hydroxyl groups is 1. The van der Waals surface area contributed by atoms with Gasteiger partial charge in [-0.05, 0) is 69.7 Å².